The molecule has 5 heteroatoms. The van der Waals surface area contributed by atoms with Gasteiger partial charge in [0.05, 0.1) is 19.3 Å². The van der Waals surface area contributed by atoms with Crippen LogP contribution in [0.1, 0.15) is 13.0 Å². The fourth-order valence-corrected chi connectivity index (χ4v) is 8.29. The van der Waals surface area contributed by atoms with Gasteiger partial charge < -0.3 is 10.0 Å². The van der Waals surface area contributed by atoms with Crippen LogP contribution < -0.4 is 4.90 Å². The first-order valence-electron chi connectivity index (χ1n) is 11.0. The normalized spacial score (nSPS) is 20.8. The lowest BCUT2D eigenvalue weighted by molar-refractivity contribution is 0.160. The highest BCUT2D eigenvalue weighted by atomic mass is 32.2. The molecule has 0 fully saturated rings. The number of benzene rings is 4. The molecule has 0 aliphatic carbocycles. The van der Waals surface area contributed by atoms with Gasteiger partial charge in [-0.05, 0) is 42.5 Å². The van der Waals surface area contributed by atoms with Gasteiger partial charge in [-0.3, -0.25) is 0 Å². The molecule has 0 aromatic heterocycles. The van der Waals surface area contributed by atoms with Crippen LogP contribution in [0.5, 0.6) is 0 Å². The topological polar surface area (TPSA) is 23.5 Å². The first kappa shape index (κ1) is 19.2. The Morgan fingerprint density at radius 3 is 2.06 bits per heavy atom. The maximum atomic E-state index is 12.1. The maximum Gasteiger partial charge on any atom is 0.118 e. The molecule has 2 heterocycles. The number of thioether (sulfide) groups is 2. The van der Waals surface area contributed by atoms with Crippen molar-refractivity contribution in [3.8, 4) is 0 Å². The third-order valence-corrected chi connectivity index (χ3v) is 9.61. The SMILES string of the molecule is [2H]C1(O)c2cccc3c2N(CC1(Sc1ccccc1)Sc1ccccc1)c1ccccc1S3. The van der Waals surface area contributed by atoms with E-state index in [1.165, 1.54) is 4.90 Å². The summed E-state index contributed by atoms with van der Waals surface area (Å²) in [6.45, 7) is 0.494. The summed E-state index contributed by atoms with van der Waals surface area (Å²) in [5, 5.41) is 12.1. The van der Waals surface area contributed by atoms with Gasteiger partial charge in [-0.1, -0.05) is 72.4 Å². The van der Waals surface area contributed by atoms with Crippen molar-refractivity contribution in [1.29, 1.82) is 0 Å². The summed E-state index contributed by atoms with van der Waals surface area (Å²) in [4.78, 5) is 6.66. The van der Waals surface area contributed by atoms with Crippen molar-refractivity contribution >= 4 is 46.7 Å². The van der Waals surface area contributed by atoms with Crippen LogP contribution in [-0.4, -0.2) is 15.7 Å². The number of rotatable bonds is 4. The standard InChI is InChI=1S/C27H21NOS3/c29-26-21-14-9-17-24-25(21)28(22-15-7-8-16-23(22)30-24)18-27(26,31-19-10-3-1-4-11-19)32-20-12-5-2-6-13-20/h1-17,26,29H,18H2/i26D. The molecule has 2 nitrogen and oxygen atoms in total. The molecule has 1 N–H and O–H groups in total. The lowest BCUT2D eigenvalue weighted by atomic mass is 9.97. The molecule has 2 aliphatic heterocycles. The number of nitrogens with zero attached hydrogens (tertiary/aromatic N) is 1. The molecule has 4 aromatic rings. The molecule has 0 saturated heterocycles. The van der Waals surface area contributed by atoms with Crippen LogP contribution in [0.3, 0.4) is 0 Å². The van der Waals surface area contributed by atoms with E-state index in [0.717, 1.165) is 26.1 Å². The highest BCUT2D eigenvalue weighted by Gasteiger charge is 2.49. The average Bonchev–Trinajstić information content (AvgIpc) is 2.84. The van der Waals surface area contributed by atoms with Crippen LogP contribution in [0.4, 0.5) is 11.4 Å². The number of anilines is 2. The fourth-order valence-electron chi connectivity index (χ4n) is 4.27. The Morgan fingerprint density at radius 1 is 0.781 bits per heavy atom. The van der Waals surface area contributed by atoms with E-state index in [-0.39, 0.29) is 0 Å². The van der Waals surface area contributed by atoms with Crippen molar-refractivity contribution < 1.29 is 6.48 Å². The van der Waals surface area contributed by atoms with Gasteiger partial charge in [-0.15, -0.1) is 23.5 Å². The molecule has 32 heavy (non-hydrogen) atoms. The summed E-state index contributed by atoms with van der Waals surface area (Å²) in [7, 11) is 0. The third-order valence-electron chi connectivity index (χ3n) is 5.68. The number of hydrogen-bond acceptors (Lipinski definition) is 5. The van der Waals surface area contributed by atoms with Crippen molar-refractivity contribution in [2.75, 3.05) is 11.4 Å². The van der Waals surface area contributed by atoms with E-state index in [4.69, 9.17) is 0 Å². The van der Waals surface area contributed by atoms with Crippen LogP contribution in [0.15, 0.2) is 123 Å². The molecule has 0 radical (unpaired) electrons. The number of aliphatic hydroxyl groups is 1. The Kier molecular flexibility index (Phi) is 4.94. The minimum Gasteiger partial charge on any atom is -0.386 e. The van der Waals surface area contributed by atoms with E-state index < -0.39 is 10.2 Å². The first-order chi connectivity index (χ1) is 16.1. The fraction of sp³-hybridized carbons (Fsp3) is 0.111. The lowest BCUT2D eigenvalue weighted by Gasteiger charge is -2.49. The van der Waals surface area contributed by atoms with Crippen LogP contribution >= 0.6 is 35.3 Å². The Balaban J connectivity index is 1.57. The minimum atomic E-state index is -1.82. The van der Waals surface area contributed by atoms with E-state index in [9.17, 15) is 6.48 Å². The van der Waals surface area contributed by atoms with Crippen molar-refractivity contribution in [2.45, 2.75) is 29.7 Å². The van der Waals surface area contributed by atoms with Crippen molar-refractivity contribution in [1.82, 2.24) is 0 Å². The monoisotopic (exact) mass is 472 g/mol. The molecule has 0 bridgehead atoms. The summed E-state index contributed by atoms with van der Waals surface area (Å²) < 4.78 is 8.55. The van der Waals surface area contributed by atoms with E-state index in [1.54, 1.807) is 35.3 Å². The lowest BCUT2D eigenvalue weighted by Crippen LogP contribution is -2.46. The molecule has 0 amide bonds. The van der Waals surface area contributed by atoms with Gasteiger partial charge >= 0.3 is 0 Å². The highest BCUT2D eigenvalue weighted by Crippen LogP contribution is 2.62. The summed E-state index contributed by atoms with van der Waals surface area (Å²) in [5.41, 5.74) is 2.74. The van der Waals surface area contributed by atoms with Gasteiger partial charge in [0, 0.05) is 25.1 Å². The predicted molar refractivity (Wildman–Crippen MR) is 136 cm³/mol. The molecule has 0 saturated carbocycles. The third kappa shape index (κ3) is 3.44. The zero-order valence-corrected chi connectivity index (χ0v) is 19.6. The Bertz CT molecular complexity index is 1270. The van der Waals surface area contributed by atoms with E-state index in [1.807, 2.05) is 48.5 Å². The molecular formula is C27H21NOS3. The quantitative estimate of drug-likeness (QED) is 0.308. The summed E-state index contributed by atoms with van der Waals surface area (Å²) in [5.74, 6) is 0. The zero-order valence-electron chi connectivity index (χ0n) is 18.1. The Morgan fingerprint density at radius 2 is 1.38 bits per heavy atom. The maximum absolute atomic E-state index is 12.1. The zero-order chi connectivity index (χ0) is 22.5. The molecule has 4 aromatic carbocycles. The second kappa shape index (κ2) is 8.23. The van der Waals surface area contributed by atoms with Crippen LogP contribution in [-0.2, 0) is 0 Å². The number of hydrogen-bond donors (Lipinski definition) is 1. The molecule has 158 valence electrons. The number of fused-ring (bicyclic) bond motifs is 2. The van der Waals surface area contributed by atoms with Gasteiger partial charge in [-0.2, -0.15) is 0 Å². The van der Waals surface area contributed by atoms with Crippen molar-refractivity contribution in [3.63, 3.8) is 0 Å². The second-order valence-corrected chi connectivity index (χ2v) is 11.8. The highest BCUT2D eigenvalue weighted by molar-refractivity contribution is 8.18. The molecular weight excluding hydrogens is 451 g/mol. The van der Waals surface area contributed by atoms with E-state index >= 15 is 0 Å². The molecule has 1 unspecified atom stereocenters. The van der Waals surface area contributed by atoms with Gasteiger partial charge in [0.15, 0.2) is 0 Å². The number of para-hydroxylation sites is 2. The molecule has 2 aliphatic rings. The Labute approximate surface area is 202 Å². The first-order valence-corrected chi connectivity index (χ1v) is 12.9. The van der Waals surface area contributed by atoms with E-state index in [0.29, 0.717) is 12.1 Å². The van der Waals surface area contributed by atoms with Crippen LogP contribution in [0.2, 0.25) is 0 Å². The average molecular weight is 473 g/mol. The minimum absolute atomic E-state index is 0.494. The second-order valence-electron chi connectivity index (χ2n) is 7.74. The van der Waals surface area contributed by atoms with Gasteiger partial charge in [0.25, 0.3) is 0 Å². The summed E-state index contributed by atoms with van der Waals surface area (Å²) in [6, 6.07) is 34.6. The van der Waals surface area contributed by atoms with Gasteiger partial charge in [0.1, 0.15) is 10.2 Å². The van der Waals surface area contributed by atoms with E-state index in [2.05, 4.69) is 59.5 Å². The molecule has 6 rings (SSSR count). The van der Waals surface area contributed by atoms with Crippen molar-refractivity contribution in [3.05, 3.63) is 109 Å². The van der Waals surface area contributed by atoms with Gasteiger partial charge in [-0.25, -0.2) is 0 Å². The predicted octanol–water partition coefficient (Wildman–Crippen LogP) is 7.62. The summed E-state index contributed by atoms with van der Waals surface area (Å²) in [6.07, 6.45) is -1.82. The van der Waals surface area contributed by atoms with Crippen LogP contribution in [0, 0.1) is 0 Å². The van der Waals surface area contributed by atoms with Crippen LogP contribution in [0.25, 0.3) is 0 Å². The largest absolute Gasteiger partial charge is 0.386 e. The van der Waals surface area contributed by atoms with Gasteiger partial charge in [0.2, 0.25) is 0 Å². The molecule has 1 atom stereocenters. The Hall–Kier alpha value is -2.31. The summed E-state index contributed by atoms with van der Waals surface area (Å²) >= 11 is 4.86. The van der Waals surface area contributed by atoms with Crippen molar-refractivity contribution in [2.24, 2.45) is 0 Å². The smallest absolute Gasteiger partial charge is 0.118 e. The molecule has 0 spiro atoms.